The Hall–Kier alpha value is -1.89. The number of aliphatic hydroxyl groups is 1. The van der Waals surface area contributed by atoms with E-state index in [0.29, 0.717) is 17.8 Å². The maximum atomic E-state index is 13.1. The molecule has 1 heterocycles. The minimum Gasteiger partial charge on any atom is -0.382 e. The third kappa shape index (κ3) is 2.60. The predicted octanol–water partition coefficient (Wildman–Crippen LogP) is 2.66. The smallest absolute Gasteiger partial charge is 0.382 e. The second kappa shape index (κ2) is 4.65. The van der Waals surface area contributed by atoms with Crippen molar-refractivity contribution in [2.75, 3.05) is 0 Å². The quantitative estimate of drug-likeness (QED) is 0.855. The number of aliphatic hydroxyl groups excluding tert-OH is 1. The van der Waals surface area contributed by atoms with E-state index in [1.807, 2.05) is 0 Å². The molecule has 102 valence electrons. The summed E-state index contributed by atoms with van der Waals surface area (Å²) in [6.07, 6.45) is -3.35. The van der Waals surface area contributed by atoms with Gasteiger partial charge in [0.15, 0.2) is 0 Å². The van der Waals surface area contributed by atoms with Crippen LogP contribution in [0, 0.1) is 5.82 Å². The number of hydrogen-bond donors (Lipinski definition) is 1. The van der Waals surface area contributed by atoms with Crippen LogP contribution in [0.5, 0.6) is 0 Å². The maximum Gasteiger partial charge on any atom is 0.419 e. The lowest BCUT2D eigenvalue weighted by atomic mass is 10.0. The van der Waals surface area contributed by atoms with Gasteiger partial charge in [-0.15, -0.1) is 0 Å². The summed E-state index contributed by atoms with van der Waals surface area (Å²) in [4.78, 5) is 3.76. The molecule has 1 aromatic heterocycles. The summed E-state index contributed by atoms with van der Waals surface area (Å²) in [6.45, 7) is 0. The molecule has 7 heteroatoms. The first kappa shape index (κ1) is 13.5. The summed E-state index contributed by atoms with van der Waals surface area (Å²) in [5.41, 5.74) is -1.12. The van der Waals surface area contributed by atoms with Gasteiger partial charge in [-0.1, -0.05) is 6.07 Å². The van der Waals surface area contributed by atoms with Gasteiger partial charge < -0.3 is 9.67 Å². The summed E-state index contributed by atoms with van der Waals surface area (Å²) in [5.74, 6) is -1.37. The van der Waals surface area contributed by atoms with Crippen molar-refractivity contribution in [3.8, 4) is 0 Å². The van der Waals surface area contributed by atoms with Crippen molar-refractivity contribution in [3.63, 3.8) is 0 Å². The van der Waals surface area contributed by atoms with Crippen LogP contribution >= 0.6 is 0 Å². The van der Waals surface area contributed by atoms with E-state index in [-0.39, 0.29) is 5.56 Å². The predicted molar refractivity (Wildman–Crippen MR) is 58.7 cm³/mol. The first-order chi connectivity index (χ1) is 8.80. The van der Waals surface area contributed by atoms with Gasteiger partial charge in [-0.05, 0) is 17.7 Å². The Balaban J connectivity index is 2.44. The molecule has 1 N–H and O–H groups in total. The molecule has 0 aliphatic heterocycles. The molecular formula is C12H10F4N2O. The lowest BCUT2D eigenvalue weighted by molar-refractivity contribution is -0.140. The van der Waals surface area contributed by atoms with Crippen LogP contribution in [0.4, 0.5) is 17.6 Å². The first-order valence-electron chi connectivity index (χ1n) is 5.31. The molecule has 2 rings (SSSR count). The van der Waals surface area contributed by atoms with Crippen molar-refractivity contribution >= 4 is 0 Å². The second-order valence-electron chi connectivity index (χ2n) is 4.07. The van der Waals surface area contributed by atoms with E-state index >= 15 is 0 Å². The molecule has 0 saturated heterocycles. The number of rotatable bonds is 2. The van der Waals surface area contributed by atoms with Crippen LogP contribution in [0.1, 0.15) is 22.9 Å². The molecule has 1 atom stereocenters. The lowest BCUT2D eigenvalue weighted by Gasteiger charge is -2.14. The molecule has 0 spiro atoms. The number of nitrogens with zero attached hydrogens (tertiary/aromatic N) is 2. The Labute approximate surface area is 106 Å². The summed E-state index contributed by atoms with van der Waals surface area (Å²) >= 11 is 0. The van der Waals surface area contributed by atoms with E-state index in [2.05, 4.69) is 4.98 Å². The van der Waals surface area contributed by atoms with E-state index in [0.717, 1.165) is 6.07 Å². The largest absolute Gasteiger partial charge is 0.419 e. The first-order valence-corrected chi connectivity index (χ1v) is 5.31. The average Bonchev–Trinajstić information content (AvgIpc) is 2.73. The molecule has 1 aromatic carbocycles. The van der Waals surface area contributed by atoms with Crippen LogP contribution in [0.2, 0.25) is 0 Å². The number of aryl methyl sites for hydroxylation is 1. The van der Waals surface area contributed by atoms with Crippen molar-refractivity contribution < 1.29 is 22.7 Å². The molecule has 1 unspecified atom stereocenters. The highest BCUT2D eigenvalue weighted by Gasteiger charge is 2.34. The van der Waals surface area contributed by atoms with E-state index in [9.17, 15) is 22.7 Å². The molecule has 0 fully saturated rings. The maximum absolute atomic E-state index is 13.1. The van der Waals surface area contributed by atoms with Crippen molar-refractivity contribution in [1.29, 1.82) is 0 Å². The average molecular weight is 274 g/mol. The van der Waals surface area contributed by atoms with Crippen LogP contribution < -0.4 is 0 Å². The van der Waals surface area contributed by atoms with E-state index in [4.69, 9.17) is 0 Å². The highest BCUT2D eigenvalue weighted by molar-refractivity contribution is 5.32. The van der Waals surface area contributed by atoms with Gasteiger partial charge in [0.25, 0.3) is 0 Å². The fraction of sp³-hybridized carbons (Fsp3) is 0.250. The van der Waals surface area contributed by atoms with Crippen LogP contribution in [0.15, 0.2) is 30.7 Å². The fourth-order valence-corrected chi connectivity index (χ4v) is 1.73. The Kier molecular flexibility index (Phi) is 3.32. The lowest BCUT2D eigenvalue weighted by Crippen LogP contribution is -2.11. The van der Waals surface area contributed by atoms with Crippen LogP contribution in [-0.2, 0) is 13.2 Å². The van der Waals surface area contributed by atoms with Crippen LogP contribution in [0.25, 0.3) is 0 Å². The van der Waals surface area contributed by atoms with Gasteiger partial charge in [-0.2, -0.15) is 13.2 Å². The van der Waals surface area contributed by atoms with Crippen LogP contribution in [0.3, 0.4) is 0 Å². The zero-order chi connectivity index (χ0) is 14.2. The van der Waals surface area contributed by atoms with E-state index in [1.165, 1.54) is 17.1 Å². The Morgan fingerprint density at radius 1 is 1.32 bits per heavy atom. The van der Waals surface area contributed by atoms with Crippen molar-refractivity contribution in [3.05, 3.63) is 53.4 Å². The standard InChI is InChI=1S/C12H10F4N2O/c1-18-6-17-5-10(18)11(19)7-2-3-9(13)8(4-7)12(14,15)16/h2-6,11,19H,1H3. The Bertz CT molecular complexity index is 592. The molecular weight excluding hydrogens is 264 g/mol. The second-order valence-corrected chi connectivity index (χ2v) is 4.07. The molecule has 3 nitrogen and oxygen atoms in total. The molecule has 19 heavy (non-hydrogen) atoms. The Morgan fingerprint density at radius 2 is 2.00 bits per heavy atom. The number of benzene rings is 1. The normalized spacial score (nSPS) is 13.6. The summed E-state index contributed by atoms with van der Waals surface area (Å²) < 4.78 is 52.3. The Morgan fingerprint density at radius 3 is 2.53 bits per heavy atom. The van der Waals surface area contributed by atoms with Gasteiger partial charge in [-0.25, -0.2) is 9.37 Å². The molecule has 0 bridgehead atoms. The van der Waals surface area contributed by atoms with Crippen molar-refractivity contribution in [2.24, 2.45) is 7.05 Å². The molecule has 2 aromatic rings. The third-order valence-electron chi connectivity index (χ3n) is 2.75. The minimum atomic E-state index is -4.80. The minimum absolute atomic E-state index is 0.0441. The number of imidazole rings is 1. The monoisotopic (exact) mass is 274 g/mol. The zero-order valence-corrected chi connectivity index (χ0v) is 9.82. The van der Waals surface area contributed by atoms with Gasteiger partial charge >= 0.3 is 6.18 Å². The van der Waals surface area contributed by atoms with Crippen molar-refractivity contribution in [2.45, 2.75) is 12.3 Å². The highest BCUT2D eigenvalue weighted by Crippen LogP contribution is 2.33. The highest BCUT2D eigenvalue weighted by atomic mass is 19.4. The van der Waals surface area contributed by atoms with E-state index < -0.39 is 23.7 Å². The molecule has 0 saturated carbocycles. The third-order valence-corrected chi connectivity index (χ3v) is 2.75. The van der Waals surface area contributed by atoms with Gasteiger partial charge in [0.2, 0.25) is 0 Å². The van der Waals surface area contributed by atoms with Gasteiger partial charge in [-0.3, -0.25) is 0 Å². The summed E-state index contributed by atoms with van der Waals surface area (Å²) in [7, 11) is 1.60. The number of halogens is 4. The van der Waals surface area contributed by atoms with E-state index in [1.54, 1.807) is 7.05 Å². The van der Waals surface area contributed by atoms with Crippen LogP contribution in [-0.4, -0.2) is 14.7 Å². The topological polar surface area (TPSA) is 38.0 Å². The number of hydrogen-bond acceptors (Lipinski definition) is 2. The number of alkyl halides is 3. The molecule has 0 radical (unpaired) electrons. The summed E-state index contributed by atoms with van der Waals surface area (Å²) in [6, 6.07) is 2.41. The summed E-state index contributed by atoms with van der Waals surface area (Å²) in [5, 5.41) is 9.99. The SMILES string of the molecule is Cn1cncc1C(O)c1ccc(F)c(C(F)(F)F)c1. The zero-order valence-electron chi connectivity index (χ0n) is 9.82. The van der Waals surface area contributed by atoms with Gasteiger partial charge in [0, 0.05) is 7.05 Å². The molecule has 0 amide bonds. The molecule has 0 aliphatic carbocycles. The van der Waals surface area contributed by atoms with Crippen molar-refractivity contribution in [1.82, 2.24) is 9.55 Å². The van der Waals surface area contributed by atoms with Gasteiger partial charge in [0.05, 0.1) is 23.8 Å². The molecule has 0 aliphatic rings. The number of aromatic nitrogens is 2. The fourth-order valence-electron chi connectivity index (χ4n) is 1.73. The van der Waals surface area contributed by atoms with Gasteiger partial charge in [0.1, 0.15) is 11.9 Å².